The molecule has 112 valence electrons. The van der Waals surface area contributed by atoms with Gasteiger partial charge in [0.15, 0.2) is 0 Å². The van der Waals surface area contributed by atoms with Crippen molar-refractivity contribution in [1.82, 2.24) is 9.97 Å². The highest BCUT2D eigenvalue weighted by Gasteiger charge is 2.20. The minimum Gasteiger partial charge on any atom is -0.481 e. The number of aryl methyl sites for hydroxylation is 1. The second-order valence-corrected chi connectivity index (χ2v) is 5.85. The molecule has 0 radical (unpaired) electrons. The third-order valence-corrected chi connectivity index (χ3v) is 3.57. The average Bonchev–Trinajstić information content (AvgIpc) is 2.48. The zero-order chi connectivity index (χ0) is 15.3. The van der Waals surface area contributed by atoms with E-state index in [4.69, 9.17) is 4.74 Å². The Morgan fingerprint density at radius 2 is 1.86 bits per heavy atom. The number of benzene rings is 1. The number of aromatic nitrogens is 2. The molecule has 1 aromatic heterocycles. The minimum absolute atomic E-state index is 0.0556. The molecule has 2 rings (SSSR count). The van der Waals surface area contributed by atoms with Crippen LogP contribution in [0.2, 0.25) is 0 Å². The molecule has 0 bridgehead atoms. The number of methoxy groups -OCH3 is 1. The van der Waals surface area contributed by atoms with E-state index in [9.17, 15) is 0 Å². The Balaban J connectivity index is 2.03. The lowest BCUT2D eigenvalue weighted by molar-refractivity contribution is 0.393. The summed E-state index contributed by atoms with van der Waals surface area (Å²) in [6, 6.07) is 10.5. The predicted molar refractivity (Wildman–Crippen MR) is 85.8 cm³/mol. The fourth-order valence-corrected chi connectivity index (χ4v) is 2.25. The van der Waals surface area contributed by atoms with E-state index in [1.165, 1.54) is 11.9 Å². The van der Waals surface area contributed by atoms with Crippen LogP contribution in [0.1, 0.15) is 31.4 Å². The number of hydrogen-bond acceptors (Lipinski definition) is 4. The van der Waals surface area contributed by atoms with Crippen LogP contribution in [0, 0.1) is 6.92 Å². The molecule has 4 nitrogen and oxygen atoms in total. The molecule has 0 fully saturated rings. The molecule has 1 aromatic carbocycles. The van der Waals surface area contributed by atoms with Crippen molar-refractivity contribution in [3.8, 4) is 5.88 Å². The van der Waals surface area contributed by atoms with Gasteiger partial charge in [-0.25, -0.2) is 9.97 Å². The van der Waals surface area contributed by atoms with Crippen LogP contribution in [-0.2, 0) is 6.42 Å². The van der Waals surface area contributed by atoms with Gasteiger partial charge >= 0.3 is 0 Å². The number of rotatable bonds is 6. The van der Waals surface area contributed by atoms with Gasteiger partial charge in [-0.1, -0.05) is 30.3 Å². The molecule has 0 aliphatic rings. The van der Waals surface area contributed by atoms with Crippen molar-refractivity contribution in [3.63, 3.8) is 0 Å². The molecule has 1 N–H and O–H groups in total. The molecule has 0 aliphatic heterocycles. The van der Waals surface area contributed by atoms with Gasteiger partial charge in [-0.2, -0.15) is 0 Å². The van der Waals surface area contributed by atoms with Gasteiger partial charge in [0, 0.05) is 5.54 Å². The molecule has 0 aliphatic carbocycles. The van der Waals surface area contributed by atoms with Crippen LogP contribution >= 0.6 is 0 Å². The maximum absolute atomic E-state index is 5.24. The standard InChI is InChI=1S/C17H23N3O/c1-13-15(18-12-19-16(13)21-4)20-17(2,3)11-10-14-8-6-5-7-9-14/h5-9,12H,10-11H2,1-4H3,(H,18,19,20). The van der Waals surface area contributed by atoms with Gasteiger partial charge in [0.25, 0.3) is 0 Å². The molecular weight excluding hydrogens is 262 g/mol. The molecule has 0 saturated carbocycles. The molecule has 0 unspecified atom stereocenters. The van der Waals surface area contributed by atoms with Crippen LogP contribution in [0.4, 0.5) is 5.82 Å². The lowest BCUT2D eigenvalue weighted by Gasteiger charge is -2.28. The Morgan fingerprint density at radius 3 is 2.52 bits per heavy atom. The Bertz CT molecular complexity index is 582. The molecule has 21 heavy (non-hydrogen) atoms. The van der Waals surface area contributed by atoms with E-state index in [0.29, 0.717) is 5.88 Å². The molecule has 1 heterocycles. The molecule has 0 spiro atoms. The first-order valence-corrected chi connectivity index (χ1v) is 7.19. The van der Waals surface area contributed by atoms with E-state index >= 15 is 0 Å². The minimum atomic E-state index is -0.0556. The number of nitrogens with zero attached hydrogens (tertiary/aromatic N) is 2. The summed E-state index contributed by atoms with van der Waals surface area (Å²) in [6.45, 7) is 6.34. The highest BCUT2D eigenvalue weighted by molar-refractivity contribution is 5.49. The van der Waals surface area contributed by atoms with E-state index in [2.05, 4.69) is 53.4 Å². The van der Waals surface area contributed by atoms with Gasteiger partial charge in [-0.3, -0.25) is 0 Å². The smallest absolute Gasteiger partial charge is 0.221 e. The summed E-state index contributed by atoms with van der Waals surface area (Å²) >= 11 is 0. The van der Waals surface area contributed by atoms with Crippen molar-refractivity contribution in [1.29, 1.82) is 0 Å². The summed E-state index contributed by atoms with van der Waals surface area (Å²) in [5, 5.41) is 3.50. The first kappa shape index (κ1) is 15.3. The highest BCUT2D eigenvalue weighted by Crippen LogP contribution is 2.25. The molecule has 4 heteroatoms. The zero-order valence-electron chi connectivity index (χ0n) is 13.2. The van der Waals surface area contributed by atoms with Gasteiger partial charge < -0.3 is 10.1 Å². The molecular formula is C17H23N3O. The van der Waals surface area contributed by atoms with Gasteiger partial charge in [0.1, 0.15) is 12.1 Å². The normalized spacial score (nSPS) is 11.2. The van der Waals surface area contributed by atoms with Gasteiger partial charge in [0.2, 0.25) is 5.88 Å². The Hall–Kier alpha value is -2.10. The van der Waals surface area contributed by atoms with Gasteiger partial charge in [-0.15, -0.1) is 0 Å². The number of anilines is 1. The quantitative estimate of drug-likeness (QED) is 0.880. The van der Waals surface area contributed by atoms with Crippen LogP contribution in [0.15, 0.2) is 36.7 Å². The Labute approximate surface area is 126 Å². The van der Waals surface area contributed by atoms with Crippen LogP contribution in [0.25, 0.3) is 0 Å². The molecule has 0 saturated heterocycles. The third kappa shape index (κ3) is 4.18. The largest absolute Gasteiger partial charge is 0.481 e. The van der Waals surface area contributed by atoms with Crippen LogP contribution in [-0.4, -0.2) is 22.6 Å². The number of nitrogens with one attached hydrogen (secondary N) is 1. The van der Waals surface area contributed by atoms with E-state index < -0.39 is 0 Å². The SMILES string of the molecule is COc1ncnc(NC(C)(C)CCc2ccccc2)c1C. The third-order valence-electron chi connectivity index (χ3n) is 3.57. The Kier molecular flexibility index (Phi) is 4.78. The summed E-state index contributed by atoms with van der Waals surface area (Å²) in [5.41, 5.74) is 2.23. The number of hydrogen-bond donors (Lipinski definition) is 1. The van der Waals surface area contributed by atoms with E-state index in [1.807, 2.05) is 13.0 Å². The summed E-state index contributed by atoms with van der Waals surface area (Å²) in [4.78, 5) is 8.43. The van der Waals surface area contributed by atoms with Crippen LogP contribution < -0.4 is 10.1 Å². The fraction of sp³-hybridized carbons (Fsp3) is 0.412. The molecule has 0 amide bonds. The van der Waals surface area contributed by atoms with Crippen LogP contribution in [0.5, 0.6) is 5.88 Å². The lowest BCUT2D eigenvalue weighted by atomic mass is 9.95. The number of ether oxygens (including phenoxy) is 1. The Morgan fingerprint density at radius 1 is 1.14 bits per heavy atom. The van der Waals surface area contributed by atoms with Crippen molar-refractivity contribution in [2.45, 2.75) is 39.2 Å². The first-order chi connectivity index (χ1) is 10.0. The van der Waals surface area contributed by atoms with Gasteiger partial charge in [-0.05, 0) is 39.2 Å². The topological polar surface area (TPSA) is 47.0 Å². The highest BCUT2D eigenvalue weighted by atomic mass is 16.5. The lowest BCUT2D eigenvalue weighted by Crippen LogP contribution is -2.32. The monoisotopic (exact) mass is 285 g/mol. The second kappa shape index (κ2) is 6.57. The summed E-state index contributed by atoms with van der Waals surface area (Å²) in [6.07, 6.45) is 3.58. The first-order valence-electron chi connectivity index (χ1n) is 7.19. The zero-order valence-corrected chi connectivity index (χ0v) is 13.2. The summed E-state index contributed by atoms with van der Waals surface area (Å²) in [7, 11) is 1.62. The molecule has 2 aromatic rings. The van der Waals surface area contributed by atoms with Crippen LogP contribution in [0.3, 0.4) is 0 Å². The van der Waals surface area contributed by atoms with Crippen molar-refractivity contribution in [2.24, 2.45) is 0 Å². The molecule has 0 atom stereocenters. The fourth-order valence-electron chi connectivity index (χ4n) is 2.25. The maximum atomic E-state index is 5.24. The average molecular weight is 285 g/mol. The van der Waals surface area contributed by atoms with Crippen molar-refractivity contribution >= 4 is 5.82 Å². The predicted octanol–water partition coefficient (Wildman–Crippen LogP) is 3.62. The van der Waals surface area contributed by atoms with Crippen molar-refractivity contribution < 1.29 is 4.74 Å². The van der Waals surface area contributed by atoms with Crippen molar-refractivity contribution in [3.05, 3.63) is 47.8 Å². The van der Waals surface area contributed by atoms with Crippen molar-refractivity contribution in [2.75, 3.05) is 12.4 Å². The van der Waals surface area contributed by atoms with E-state index in [0.717, 1.165) is 24.2 Å². The second-order valence-electron chi connectivity index (χ2n) is 5.85. The van der Waals surface area contributed by atoms with E-state index in [1.54, 1.807) is 7.11 Å². The van der Waals surface area contributed by atoms with Gasteiger partial charge in [0.05, 0.1) is 12.7 Å². The van der Waals surface area contributed by atoms with E-state index in [-0.39, 0.29) is 5.54 Å². The maximum Gasteiger partial charge on any atom is 0.221 e. The summed E-state index contributed by atoms with van der Waals surface area (Å²) < 4.78 is 5.24. The summed E-state index contributed by atoms with van der Waals surface area (Å²) in [5.74, 6) is 1.45.